The highest BCUT2D eigenvalue weighted by Gasteiger charge is 2.32. The van der Waals surface area contributed by atoms with Gasteiger partial charge in [-0.1, -0.05) is 18.2 Å². The zero-order valence-corrected chi connectivity index (χ0v) is 18.4. The first-order chi connectivity index (χ1) is 14.3. The third kappa shape index (κ3) is 4.82. The number of amides is 1. The summed E-state index contributed by atoms with van der Waals surface area (Å²) in [6.45, 7) is 2.16. The Labute approximate surface area is 179 Å². The van der Waals surface area contributed by atoms with E-state index in [1.807, 2.05) is 18.2 Å². The van der Waals surface area contributed by atoms with Crippen molar-refractivity contribution < 1.29 is 27.5 Å². The van der Waals surface area contributed by atoms with Gasteiger partial charge in [-0.3, -0.25) is 4.79 Å². The molecule has 0 radical (unpaired) electrons. The zero-order valence-electron chi connectivity index (χ0n) is 16.8. The second kappa shape index (κ2) is 9.59. The first-order valence-corrected chi connectivity index (χ1v) is 11.8. The Morgan fingerprint density at radius 2 is 1.90 bits per heavy atom. The predicted octanol–water partition coefficient (Wildman–Crippen LogP) is 2.58. The Morgan fingerprint density at radius 3 is 2.60 bits per heavy atom. The molecule has 1 aliphatic heterocycles. The molecule has 162 valence electrons. The number of sulfonamides is 1. The fourth-order valence-electron chi connectivity index (χ4n) is 3.30. The van der Waals surface area contributed by atoms with E-state index in [0.29, 0.717) is 18.8 Å². The fraction of sp³-hybridized carbons (Fsp3) is 0.400. The maximum atomic E-state index is 12.8. The number of thiophene rings is 1. The number of para-hydroxylation sites is 1. The summed E-state index contributed by atoms with van der Waals surface area (Å²) in [4.78, 5) is 24.6. The molecule has 2 aromatic rings. The van der Waals surface area contributed by atoms with Crippen molar-refractivity contribution in [2.45, 2.75) is 30.7 Å². The molecule has 2 heterocycles. The third-order valence-electron chi connectivity index (χ3n) is 4.81. The molecule has 1 N–H and O–H groups in total. The van der Waals surface area contributed by atoms with E-state index in [1.165, 1.54) is 15.8 Å². The number of carbonyl (C=O) groups excluding carboxylic acids is 2. The second-order valence-electron chi connectivity index (χ2n) is 6.83. The van der Waals surface area contributed by atoms with Crippen LogP contribution in [-0.2, 0) is 19.6 Å². The van der Waals surface area contributed by atoms with Crippen LogP contribution in [0.2, 0.25) is 0 Å². The van der Waals surface area contributed by atoms with E-state index in [1.54, 1.807) is 20.1 Å². The Hall–Kier alpha value is -2.43. The van der Waals surface area contributed by atoms with Gasteiger partial charge < -0.3 is 14.8 Å². The molecule has 1 unspecified atom stereocenters. The minimum absolute atomic E-state index is 0.0209. The molecule has 1 aliphatic rings. The number of ether oxygens (including phenoxy) is 2. The average Bonchev–Trinajstić information content (AvgIpc) is 3.44. The number of benzene rings is 1. The summed E-state index contributed by atoms with van der Waals surface area (Å²) in [5.74, 6) is -0.692. The average molecular weight is 453 g/mol. The number of hydrogen-bond donors (Lipinski definition) is 1. The lowest BCUT2D eigenvalue weighted by Gasteiger charge is -2.17. The van der Waals surface area contributed by atoms with Crippen molar-refractivity contribution in [3.05, 3.63) is 46.2 Å². The lowest BCUT2D eigenvalue weighted by atomic mass is 10.1. The second-order valence-corrected chi connectivity index (χ2v) is 9.65. The zero-order chi connectivity index (χ0) is 21.7. The van der Waals surface area contributed by atoms with Crippen LogP contribution in [0.1, 0.15) is 41.0 Å². The van der Waals surface area contributed by atoms with E-state index in [0.717, 1.165) is 29.7 Å². The van der Waals surface area contributed by atoms with Gasteiger partial charge in [-0.2, -0.15) is 4.31 Å². The van der Waals surface area contributed by atoms with Crippen molar-refractivity contribution in [3.8, 4) is 5.75 Å². The van der Waals surface area contributed by atoms with E-state index in [9.17, 15) is 18.0 Å². The van der Waals surface area contributed by atoms with Gasteiger partial charge in [0.2, 0.25) is 10.0 Å². The maximum Gasteiger partial charge on any atom is 0.350 e. The van der Waals surface area contributed by atoms with Crippen molar-refractivity contribution in [3.63, 3.8) is 0 Å². The monoisotopic (exact) mass is 452 g/mol. The van der Waals surface area contributed by atoms with Crippen LogP contribution in [0.25, 0.3) is 0 Å². The molecule has 1 fully saturated rings. The lowest BCUT2D eigenvalue weighted by molar-refractivity contribution is -0.124. The van der Waals surface area contributed by atoms with Crippen LogP contribution in [0.5, 0.6) is 5.75 Å². The van der Waals surface area contributed by atoms with Crippen LogP contribution >= 0.6 is 11.3 Å². The van der Waals surface area contributed by atoms with Crippen molar-refractivity contribution in [2.75, 3.05) is 26.8 Å². The van der Waals surface area contributed by atoms with E-state index < -0.39 is 28.5 Å². The number of rotatable bonds is 8. The van der Waals surface area contributed by atoms with Gasteiger partial charge in [-0.25, -0.2) is 13.2 Å². The quantitative estimate of drug-likeness (QED) is 0.618. The largest absolute Gasteiger partial charge is 0.496 e. The normalized spacial score (nSPS) is 15.5. The van der Waals surface area contributed by atoms with Gasteiger partial charge in [0.15, 0.2) is 6.61 Å². The molecule has 8 nitrogen and oxygen atoms in total. The standard InChI is InChI=1S/C20H24N2O6S2/c1-14(15-7-3-4-8-16(15)27-2)21-18(23)13-28-20(24)19-17(9-12-29-19)30(25,26)22-10-5-6-11-22/h3-4,7-9,12,14H,5-6,10-11,13H2,1-2H3,(H,21,23). The van der Waals surface area contributed by atoms with E-state index in [4.69, 9.17) is 9.47 Å². The third-order valence-corrected chi connectivity index (χ3v) is 7.78. The van der Waals surface area contributed by atoms with E-state index in [2.05, 4.69) is 5.32 Å². The van der Waals surface area contributed by atoms with Gasteiger partial charge in [-0.15, -0.1) is 11.3 Å². The molecule has 1 atom stereocenters. The summed E-state index contributed by atoms with van der Waals surface area (Å²) in [5, 5.41) is 4.27. The van der Waals surface area contributed by atoms with Crippen LogP contribution in [0.4, 0.5) is 0 Å². The van der Waals surface area contributed by atoms with Gasteiger partial charge in [0.1, 0.15) is 15.5 Å². The Balaban J connectivity index is 1.61. The Kier molecular flexibility index (Phi) is 7.11. The van der Waals surface area contributed by atoms with Gasteiger partial charge in [0.05, 0.1) is 13.2 Å². The summed E-state index contributed by atoms with van der Waals surface area (Å²) in [6.07, 6.45) is 1.60. The van der Waals surface area contributed by atoms with Crippen LogP contribution in [0.3, 0.4) is 0 Å². The minimum atomic E-state index is -3.74. The van der Waals surface area contributed by atoms with Crippen LogP contribution < -0.4 is 10.1 Å². The summed E-state index contributed by atoms with van der Waals surface area (Å²) in [7, 11) is -2.20. The number of carbonyl (C=O) groups is 2. The van der Waals surface area contributed by atoms with Gasteiger partial charge >= 0.3 is 5.97 Å². The molecule has 3 rings (SSSR count). The topological polar surface area (TPSA) is 102 Å². The number of nitrogens with one attached hydrogen (secondary N) is 1. The van der Waals surface area contributed by atoms with Crippen molar-refractivity contribution in [2.24, 2.45) is 0 Å². The summed E-state index contributed by atoms with van der Waals surface area (Å²) < 4.78 is 37.3. The highest BCUT2D eigenvalue weighted by Crippen LogP contribution is 2.28. The van der Waals surface area contributed by atoms with Gasteiger partial charge in [0.25, 0.3) is 5.91 Å². The summed E-state index contributed by atoms with van der Waals surface area (Å²) in [6, 6.07) is 8.32. The molecule has 0 saturated carbocycles. The van der Waals surface area contributed by atoms with Crippen LogP contribution in [0, 0.1) is 0 Å². The number of nitrogens with zero attached hydrogens (tertiary/aromatic N) is 1. The fourth-order valence-corrected chi connectivity index (χ4v) is 6.10. The predicted molar refractivity (Wildman–Crippen MR) is 112 cm³/mol. The summed E-state index contributed by atoms with van der Waals surface area (Å²) >= 11 is 0.982. The molecular weight excluding hydrogens is 428 g/mol. The molecule has 0 aliphatic carbocycles. The van der Waals surface area contributed by atoms with E-state index >= 15 is 0 Å². The number of hydrogen-bond acceptors (Lipinski definition) is 7. The van der Waals surface area contributed by atoms with Crippen molar-refractivity contribution in [1.82, 2.24) is 9.62 Å². The Morgan fingerprint density at radius 1 is 1.20 bits per heavy atom. The highest BCUT2D eigenvalue weighted by molar-refractivity contribution is 7.89. The van der Waals surface area contributed by atoms with E-state index in [-0.39, 0.29) is 15.8 Å². The number of methoxy groups -OCH3 is 1. The molecule has 1 aromatic carbocycles. The highest BCUT2D eigenvalue weighted by atomic mass is 32.2. The SMILES string of the molecule is COc1ccccc1C(C)NC(=O)COC(=O)c1sccc1S(=O)(=O)N1CCCC1. The smallest absolute Gasteiger partial charge is 0.350 e. The number of esters is 1. The van der Waals surface area contributed by atoms with Gasteiger partial charge in [0, 0.05) is 18.7 Å². The molecule has 0 spiro atoms. The molecule has 10 heteroatoms. The van der Waals surface area contributed by atoms with Crippen molar-refractivity contribution in [1.29, 1.82) is 0 Å². The lowest BCUT2D eigenvalue weighted by Crippen LogP contribution is -2.32. The molecule has 1 aromatic heterocycles. The van der Waals surface area contributed by atoms with Crippen LogP contribution in [0.15, 0.2) is 40.6 Å². The molecular formula is C20H24N2O6S2. The van der Waals surface area contributed by atoms with Gasteiger partial charge in [-0.05, 0) is 37.3 Å². The first-order valence-electron chi connectivity index (χ1n) is 9.51. The van der Waals surface area contributed by atoms with Crippen LogP contribution in [-0.4, -0.2) is 51.4 Å². The molecule has 30 heavy (non-hydrogen) atoms. The maximum absolute atomic E-state index is 12.8. The van der Waals surface area contributed by atoms with Crippen molar-refractivity contribution >= 4 is 33.2 Å². The first kappa shape index (κ1) is 22.3. The molecule has 0 bridgehead atoms. The molecule has 1 amide bonds. The Bertz CT molecular complexity index is 1010. The summed E-state index contributed by atoms with van der Waals surface area (Å²) in [5.41, 5.74) is 0.789. The minimum Gasteiger partial charge on any atom is -0.496 e. The molecule has 1 saturated heterocycles.